The highest BCUT2D eigenvalue weighted by atomic mass is 15.5. The first-order chi connectivity index (χ1) is 6.84. The number of rotatable bonds is 2. The normalized spacial score (nSPS) is 18.1. The zero-order chi connectivity index (χ0) is 9.80. The Morgan fingerprint density at radius 1 is 1.29 bits per heavy atom. The van der Waals surface area contributed by atoms with Gasteiger partial charge in [0.25, 0.3) is 0 Å². The third-order valence-electron chi connectivity index (χ3n) is 2.40. The Labute approximate surface area is 84.3 Å². The number of nitrogens with one attached hydrogen (secondary N) is 1. The number of hydrogen-bond acceptors (Lipinski definition) is 4. The second kappa shape index (κ2) is 4.37. The van der Waals surface area contributed by atoms with Gasteiger partial charge in [-0.15, -0.1) is 0 Å². The fourth-order valence-corrected chi connectivity index (χ4v) is 1.69. The van der Waals surface area contributed by atoms with Crippen LogP contribution in [0.3, 0.4) is 0 Å². The molecular formula is C10H16N4. The molecule has 4 heteroatoms. The van der Waals surface area contributed by atoms with E-state index in [0.717, 1.165) is 24.7 Å². The first kappa shape index (κ1) is 9.40. The van der Waals surface area contributed by atoms with Crippen LogP contribution in [0.25, 0.3) is 0 Å². The highest BCUT2D eigenvalue weighted by Crippen LogP contribution is 2.10. The van der Waals surface area contributed by atoms with E-state index in [-0.39, 0.29) is 0 Å². The highest BCUT2D eigenvalue weighted by Gasteiger charge is 2.09. The lowest BCUT2D eigenvalue weighted by atomic mass is 10.2. The Morgan fingerprint density at radius 3 is 2.79 bits per heavy atom. The van der Waals surface area contributed by atoms with Gasteiger partial charge in [-0.05, 0) is 19.8 Å². The third kappa shape index (κ3) is 2.42. The van der Waals surface area contributed by atoms with E-state index in [1.165, 1.54) is 19.3 Å². The second-order valence-electron chi connectivity index (χ2n) is 3.65. The van der Waals surface area contributed by atoms with E-state index in [4.69, 9.17) is 0 Å². The maximum atomic E-state index is 4.30. The molecule has 0 saturated carbocycles. The summed E-state index contributed by atoms with van der Waals surface area (Å²) in [5.41, 5.74) is 3.30. The molecule has 14 heavy (non-hydrogen) atoms. The van der Waals surface area contributed by atoms with Crippen molar-refractivity contribution < 1.29 is 0 Å². The van der Waals surface area contributed by atoms with Crippen LogP contribution in [-0.4, -0.2) is 28.1 Å². The van der Waals surface area contributed by atoms with Crippen LogP contribution in [0.1, 0.15) is 25.1 Å². The molecule has 1 fully saturated rings. The molecule has 1 N–H and O–H groups in total. The van der Waals surface area contributed by atoms with E-state index in [1.54, 1.807) is 6.20 Å². The number of nitrogens with zero attached hydrogens (tertiary/aromatic N) is 3. The van der Waals surface area contributed by atoms with E-state index in [9.17, 15) is 0 Å². The minimum Gasteiger partial charge on any atom is -0.303 e. The molecule has 0 atom stereocenters. The molecule has 2 rings (SSSR count). The molecular weight excluding hydrogens is 176 g/mol. The molecule has 0 bridgehead atoms. The van der Waals surface area contributed by atoms with E-state index >= 15 is 0 Å². The van der Waals surface area contributed by atoms with Crippen molar-refractivity contribution in [3.05, 3.63) is 18.1 Å². The van der Waals surface area contributed by atoms with E-state index < -0.39 is 0 Å². The molecule has 0 spiro atoms. The van der Waals surface area contributed by atoms with Crippen molar-refractivity contribution >= 4 is 5.82 Å². The quantitative estimate of drug-likeness (QED) is 0.772. The Morgan fingerprint density at radius 2 is 2.07 bits per heavy atom. The Hall–Kier alpha value is -1.16. The van der Waals surface area contributed by atoms with Crippen molar-refractivity contribution in [2.75, 3.05) is 18.5 Å². The largest absolute Gasteiger partial charge is 0.303 e. The third-order valence-corrected chi connectivity index (χ3v) is 2.40. The minimum atomic E-state index is 0.812. The summed E-state index contributed by atoms with van der Waals surface area (Å²) in [5, 5.41) is 2.23. The van der Waals surface area contributed by atoms with E-state index in [2.05, 4.69) is 20.4 Å². The zero-order valence-electron chi connectivity index (χ0n) is 8.53. The summed E-state index contributed by atoms with van der Waals surface area (Å²) in [6, 6.07) is 1.90. The maximum Gasteiger partial charge on any atom is 0.144 e. The Kier molecular flexibility index (Phi) is 2.93. The molecule has 0 radical (unpaired) electrons. The molecule has 1 aliphatic heterocycles. The average Bonchev–Trinajstić information content (AvgIpc) is 2.19. The molecule has 4 nitrogen and oxygen atoms in total. The van der Waals surface area contributed by atoms with Crippen molar-refractivity contribution in [2.45, 2.75) is 26.2 Å². The molecule has 1 aliphatic rings. The van der Waals surface area contributed by atoms with E-state index in [0.29, 0.717) is 0 Å². The summed E-state index contributed by atoms with van der Waals surface area (Å²) in [6.07, 6.45) is 5.68. The monoisotopic (exact) mass is 192 g/mol. The Balaban J connectivity index is 1.95. The highest BCUT2D eigenvalue weighted by molar-refractivity contribution is 5.31. The standard InChI is InChI=1S/C10H16N4/c1-9-11-6-5-10(12-9)13-14-7-3-2-4-8-14/h5-6H,2-4,7-8H2,1H3,(H,11,12,13). The fraction of sp³-hybridized carbons (Fsp3) is 0.600. The predicted molar refractivity (Wildman–Crippen MR) is 55.8 cm³/mol. The molecule has 1 saturated heterocycles. The van der Waals surface area contributed by atoms with Gasteiger partial charge < -0.3 is 5.43 Å². The number of hydrogen-bond donors (Lipinski definition) is 1. The topological polar surface area (TPSA) is 41.1 Å². The van der Waals surface area contributed by atoms with Crippen LogP contribution in [0.15, 0.2) is 12.3 Å². The lowest BCUT2D eigenvalue weighted by Gasteiger charge is -2.27. The lowest BCUT2D eigenvalue weighted by molar-refractivity contribution is 0.272. The zero-order valence-corrected chi connectivity index (χ0v) is 8.53. The van der Waals surface area contributed by atoms with Crippen LogP contribution in [-0.2, 0) is 0 Å². The smallest absolute Gasteiger partial charge is 0.144 e. The minimum absolute atomic E-state index is 0.812. The van der Waals surface area contributed by atoms with Crippen LogP contribution >= 0.6 is 0 Å². The predicted octanol–water partition coefficient (Wildman–Crippen LogP) is 1.60. The van der Waals surface area contributed by atoms with Crippen LogP contribution in [0.5, 0.6) is 0 Å². The summed E-state index contributed by atoms with van der Waals surface area (Å²) in [4.78, 5) is 8.37. The summed E-state index contributed by atoms with van der Waals surface area (Å²) < 4.78 is 0. The van der Waals surface area contributed by atoms with Gasteiger partial charge in [0.15, 0.2) is 0 Å². The van der Waals surface area contributed by atoms with Crippen molar-refractivity contribution in [1.29, 1.82) is 0 Å². The maximum absolute atomic E-state index is 4.30. The summed E-state index contributed by atoms with van der Waals surface area (Å²) in [5.74, 6) is 1.71. The first-order valence-corrected chi connectivity index (χ1v) is 5.16. The van der Waals surface area contributed by atoms with Crippen LogP contribution in [0.2, 0.25) is 0 Å². The van der Waals surface area contributed by atoms with Gasteiger partial charge in [0, 0.05) is 25.4 Å². The van der Waals surface area contributed by atoms with Gasteiger partial charge in [0.05, 0.1) is 0 Å². The van der Waals surface area contributed by atoms with Crippen LogP contribution in [0.4, 0.5) is 5.82 Å². The second-order valence-corrected chi connectivity index (χ2v) is 3.65. The molecule has 2 heterocycles. The summed E-state index contributed by atoms with van der Waals surface area (Å²) in [6.45, 7) is 4.13. The Bertz CT molecular complexity index is 294. The summed E-state index contributed by atoms with van der Waals surface area (Å²) in [7, 11) is 0. The molecule has 0 amide bonds. The van der Waals surface area contributed by atoms with Crippen molar-refractivity contribution in [3.8, 4) is 0 Å². The number of piperidine rings is 1. The van der Waals surface area contributed by atoms with Gasteiger partial charge >= 0.3 is 0 Å². The fourth-order valence-electron chi connectivity index (χ4n) is 1.69. The molecule has 0 unspecified atom stereocenters. The molecule has 0 aromatic carbocycles. The van der Waals surface area contributed by atoms with Crippen molar-refractivity contribution in [2.24, 2.45) is 0 Å². The van der Waals surface area contributed by atoms with Gasteiger partial charge in [-0.1, -0.05) is 6.42 Å². The first-order valence-electron chi connectivity index (χ1n) is 5.16. The molecule has 0 aliphatic carbocycles. The number of aromatic nitrogens is 2. The van der Waals surface area contributed by atoms with E-state index in [1.807, 2.05) is 13.0 Å². The number of anilines is 1. The van der Waals surface area contributed by atoms with Gasteiger partial charge in [-0.25, -0.2) is 15.0 Å². The molecule has 1 aromatic heterocycles. The van der Waals surface area contributed by atoms with Crippen molar-refractivity contribution in [1.82, 2.24) is 15.0 Å². The van der Waals surface area contributed by atoms with Gasteiger partial charge in [-0.2, -0.15) is 0 Å². The molecule has 1 aromatic rings. The average molecular weight is 192 g/mol. The number of aryl methyl sites for hydroxylation is 1. The lowest BCUT2D eigenvalue weighted by Crippen LogP contribution is -2.35. The van der Waals surface area contributed by atoms with Gasteiger partial charge in [0.1, 0.15) is 11.6 Å². The van der Waals surface area contributed by atoms with Crippen molar-refractivity contribution in [3.63, 3.8) is 0 Å². The van der Waals surface area contributed by atoms with Crippen LogP contribution < -0.4 is 5.43 Å². The van der Waals surface area contributed by atoms with Gasteiger partial charge in [0.2, 0.25) is 0 Å². The SMILES string of the molecule is Cc1nccc(NN2CCCCC2)n1. The van der Waals surface area contributed by atoms with Crippen LogP contribution in [0, 0.1) is 6.92 Å². The molecule has 76 valence electrons. The number of hydrazine groups is 1. The summed E-state index contributed by atoms with van der Waals surface area (Å²) >= 11 is 0. The van der Waals surface area contributed by atoms with Gasteiger partial charge in [-0.3, -0.25) is 0 Å².